The number of benzene rings is 2. The van der Waals surface area contributed by atoms with Gasteiger partial charge in [0, 0.05) is 44.0 Å². The molecule has 5 nitrogen and oxygen atoms in total. The van der Waals surface area contributed by atoms with Crippen molar-refractivity contribution in [3.63, 3.8) is 0 Å². The number of halogens is 1. The van der Waals surface area contributed by atoms with Gasteiger partial charge in [0.15, 0.2) is 0 Å². The number of ether oxygens (including phenoxy) is 1. The van der Waals surface area contributed by atoms with Crippen molar-refractivity contribution in [1.82, 2.24) is 5.32 Å². The first kappa shape index (κ1) is 20.7. The van der Waals surface area contributed by atoms with Crippen LogP contribution in [0.1, 0.15) is 36.5 Å². The molecule has 2 aromatic carbocycles. The van der Waals surface area contributed by atoms with Crippen molar-refractivity contribution in [1.29, 1.82) is 0 Å². The van der Waals surface area contributed by atoms with E-state index in [4.69, 9.17) is 4.74 Å². The minimum atomic E-state index is -0.278. The molecule has 2 aliphatic heterocycles. The van der Waals surface area contributed by atoms with Crippen molar-refractivity contribution in [3.8, 4) is 5.75 Å². The van der Waals surface area contributed by atoms with Gasteiger partial charge >= 0.3 is 0 Å². The number of carbonyl (C=O) groups is 1. The quantitative estimate of drug-likeness (QED) is 0.698. The normalized spacial score (nSPS) is 20.3. The Balaban J connectivity index is 1.44. The summed E-state index contributed by atoms with van der Waals surface area (Å²) < 4.78 is 20.6. The molecule has 30 heavy (non-hydrogen) atoms. The van der Waals surface area contributed by atoms with Crippen LogP contribution in [0.4, 0.5) is 15.8 Å². The van der Waals surface area contributed by atoms with Crippen molar-refractivity contribution in [2.75, 3.05) is 43.1 Å². The summed E-state index contributed by atoms with van der Waals surface area (Å²) in [5.74, 6) is 0.897. The molecule has 2 aromatic rings. The summed E-state index contributed by atoms with van der Waals surface area (Å²) in [6.45, 7) is 5.59. The molecule has 2 atom stereocenters. The van der Waals surface area contributed by atoms with Gasteiger partial charge in [0.05, 0.1) is 12.3 Å². The number of anilines is 2. The fraction of sp³-hybridized carbons (Fsp3) is 0.458. The smallest absolute Gasteiger partial charge is 0.258 e. The zero-order valence-corrected chi connectivity index (χ0v) is 17.7. The van der Waals surface area contributed by atoms with Crippen LogP contribution in [-0.2, 0) is 0 Å². The van der Waals surface area contributed by atoms with Crippen molar-refractivity contribution < 1.29 is 13.9 Å². The topological polar surface area (TPSA) is 44.8 Å². The molecule has 6 heteroatoms. The maximum absolute atomic E-state index is 15.0. The molecule has 160 valence electrons. The predicted molar refractivity (Wildman–Crippen MR) is 118 cm³/mol. The van der Waals surface area contributed by atoms with Crippen molar-refractivity contribution >= 4 is 17.3 Å². The minimum absolute atomic E-state index is 0.177. The van der Waals surface area contributed by atoms with Crippen LogP contribution in [0.25, 0.3) is 0 Å². The molecule has 2 fully saturated rings. The molecule has 0 aliphatic carbocycles. The van der Waals surface area contributed by atoms with Crippen LogP contribution in [0.15, 0.2) is 42.5 Å². The Hall–Kier alpha value is -2.60. The van der Waals surface area contributed by atoms with Crippen LogP contribution in [0, 0.1) is 11.7 Å². The fourth-order valence-corrected chi connectivity index (χ4v) is 4.42. The molecule has 2 aliphatic rings. The number of unbranched alkanes of at least 4 members (excludes halogenated alkanes) is 1. The van der Waals surface area contributed by atoms with Crippen LogP contribution >= 0.6 is 0 Å². The van der Waals surface area contributed by atoms with Crippen LogP contribution < -0.4 is 19.9 Å². The lowest BCUT2D eigenvalue weighted by Crippen LogP contribution is -2.34. The summed E-state index contributed by atoms with van der Waals surface area (Å²) in [7, 11) is 1.68. The van der Waals surface area contributed by atoms with Crippen LogP contribution in [-0.4, -0.2) is 45.2 Å². The van der Waals surface area contributed by atoms with E-state index < -0.39 is 0 Å². The Labute approximate surface area is 177 Å². The molecule has 0 saturated carbocycles. The first-order valence-electron chi connectivity index (χ1n) is 10.9. The predicted octanol–water partition coefficient (Wildman–Crippen LogP) is 4.08. The average Bonchev–Trinajstić information content (AvgIpc) is 3.38. The van der Waals surface area contributed by atoms with Gasteiger partial charge in [0.2, 0.25) is 0 Å². The highest BCUT2D eigenvalue weighted by Crippen LogP contribution is 2.34. The van der Waals surface area contributed by atoms with Gasteiger partial charge in [-0.2, -0.15) is 0 Å². The molecule has 4 rings (SSSR count). The maximum atomic E-state index is 15.0. The number of carbonyl (C=O) groups excluding carboxylic acids is 1. The monoisotopic (exact) mass is 411 g/mol. The first-order chi connectivity index (χ1) is 14.6. The highest BCUT2D eigenvalue weighted by molar-refractivity contribution is 6.05. The van der Waals surface area contributed by atoms with E-state index in [-0.39, 0.29) is 11.7 Å². The number of amides is 1. The van der Waals surface area contributed by atoms with E-state index in [1.807, 2.05) is 6.07 Å². The molecule has 1 N–H and O–H groups in total. The van der Waals surface area contributed by atoms with Gasteiger partial charge < -0.3 is 19.9 Å². The number of hydrogen-bond acceptors (Lipinski definition) is 4. The van der Waals surface area contributed by atoms with Crippen molar-refractivity contribution in [2.45, 2.75) is 32.2 Å². The third kappa shape index (κ3) is 4.15. The second kappa shape index (κ2) is 9.04. The van der Waals surface area contributed by atoms with E-state index in [0.29, 0.717) is 35.5 Å². The lowest BCUT2D eigenvalue weighted by atomic mass is 10.0. The van der Waals surface area contributed by atoms with E-state index >= 15 is 0 Å². The summed E-state index contributed by atoms with van der Waals surface area (Å²) in [4.78, 5) is 16.5. The molecule has 1 amide bonds. The lowest BCUT2D eigenvalue weighted by molar-refractivity contribution is 0.0993. The summed E-state index contributed by atoms with van der Waals surface area (Å²) >= 11 is 0. The molecule has 0 radical (unpaired) electrons. The number of rotatable bonds is 7. The molecule has 0 spiro atoms. The minimum Gasteiger partial charge on any atom is -0.494 e. The average molecular weight is 412 g/mol. The largest absolute Gasteiger partial charge is 0.494 e. The number of nitrogens with zero attached hydrogens (tertiary/aromatic N) is 2. The third-order valence-electron chi connectivity index (χ3n) is 6.25. The molecular formula is C24H30FN3O2. The molecule has 2 unspecified atom stereocenters. The van der Waals surface area contributed by atoms with Crippen LogP contribution in [0.2, 0.25) is 0 Å². The molecule has 0 aromatic heterocycles. The van der Waals surface area contributed by atoms with Gasteiger partial charge in [-0.1, -0.05) is 13.3 Å². The van der Waals surface area contributed by atoms with E-state index in [1.165, 1.54) is 11.0 Å². The van der Waals surface area contributed by atoms with Crippen LogP contribution in [0.3, 0.4) is 0 Å². The first-order valence-corrected chi connectivity index (χ1v) is 10.9. The molecule has 0 bridgehead atoms. The zero-order chi connectivity index (χ0) is 21.1. The maximum Gasteiger partial charge on any atom is 0.258 e. The Morgan fingerprint density at radius 3 is 2.77 bits per heavy atom. The van der Waals surface area contributed by atoms with E-state index in [9.17, 15) is 9.18 Å². The molecule has 2 saturated heterocycles. The lowest BCUT2D eigenvalue weighted by Gasteiger charge is -2.27. The van der Waals surface area contributed by atoms with Gasteiger partial charge in [-0.3, -0.25) is 4.79 Å². The van der Waals surface area contributed by atoms with E-state index in [0.717, 1.165) is 44.6 Å². The second-order valence-corrected chi connectivity index (χ2v) is 8.19. The van der Waals surface area contributed by atoms with Crippen LogP contribution in [0.5, 0.6) is 5.75 Å². The van der Waals surface area contributed by atoms with Crippen molar-refractivity contribution in [3.05, 3.63) is 53.8 Å². The summed E-state index contributed by atoms with van der Waals surface area (Å²) in [6.07, 6.45) is 3.17. The van der Waals surface area contributed by atoms with Gasteiger partial charge in [0.1, 0.15) is 11.6 Å². The number of hydrogen-bond donors (Lipinski definition) is 1. The van der Waals surface area contributed by atoms with Gasteiger partial charge in [-0.25, -0.2) is 4.39 Å². The van der Waals surface area contributed by atoms with E-state index in [1.54, 1.807) is 37.4 Å². The fourth-order valence-electron chi connectivity index (χ4n) is 4.42. The molecule has 2 heterocycles. The van der Waals surface area contributed by atoms with Gasteiger partial charge in [0.25, 0.3) is 5.91 Å². The SMILES string of the molecule is CCCCOc1ccc(C(=O)N(C)c2ccc(N3CCC4CNCC43)c(F)c2)cc1. The summed E-state index contributed by atoms with van der Waals surface area (Å²) in [5.41, 5.74) is 1.72. The molecular weight excluding hydrogens is 381 g/mol. The Kier molecular flexibility index (Phi) is 6.23. The Morgan fingerprint density at radius 2 is 2.03 bits per heavy atom. The third-order valence-corrected chi connectivity index (χ3v) is 6.25. The Morgan fingerprint density at radius 1 is 1.23 bits per heavy atom. The highest BCUT2D eigenvalue weighted by atomic mass is 19.1. The standard InChI is InChI=1S/C24H30FN3O2/c1-3-4-13-30-20-8-5-17(6-9-20)24(29)27(2)19-7-10-22(21(25)14-19)28-12-11-18-15-26-16-23(18)28/h5-10,14,18,23,26H,3-4,11-13,15-16H2,1-2H3. The van der Waals surface area contributed by atoms with Gasteiger partial charge in [-0.15, -0.1) is 0 Å². The second-order valence-electron chi connectivity index (χ2n) is 8.19. The number of nitrogens with one attached hydrogen (secondary N) is 1. The van der Waals surface area contributed by atoms with Gasteiger partial charge in [-0.05, 0) is 61.2 Å². The number of fused-ring (bicyclic) bond motifs is 1. The Bertz CT molecular complexity index is 887. The zero-order valence-electron chi connectivity index (χ0n) is 17.7. The summed E-state index contributed by atoms with van der Waals surface area (Å²) in [5, 5.41) is 3.40. The van der Waals surface area contributed by atoms with E-state index in [2.05, 4.69) is 17.1 Å². The van der Waals surface area contributed by atoms with Crippen molar-refractivity contribution in [2.24, 2.45) is 5.92 Å². The summed E-state index contributed by atoms with van der Waals surface area (Å²) in [6, 6.07) is 12.6. The highest BCUT2D eigenvalue weighted by Gasteiger charge is 2.38.